The SMILES string of the molecule is O=S(=O)(c1ccc(Cl)cc1)N1CCC[C@@H]2CN3CCc4ccccc4[C@@H]3C[C@@H]21. The van der Waals surface area contributed by atoms with Crippen LogP contribution in [-0.4, -0.2) is 43.3 Å². The summed E-state index contributed by atoms with van der Waals surface area (Å²) in [7, 11) is -3.51. The molecule has 28 heavy (non-hydrogen) atoms. The number of sulfonamides is 1. The molecule has 0 spiro atoms. The van der Waals surface area contributed by atoms with Crippen LogP contribution in [0.4, 0.5) is 0 Å². The summed E-state index contributed by atoms with van der Waals surface area (Å²) in [5, 5.41) is 0.558. The highest BCUT2D eigenvalue weighted by Gasteiger charge is 2.46. The molecular formula is C22H25ClN2O2S. The van der Waals surface area contributed by atoms with Crippen molar-refractivity contribution >= 4 is 21.6 Å². The third-order valence-corrected chi connectivity index (χ3v) is 8.94. The van der Waals surface area contributed by atoms with Gasteiger partial charge in [0, 0.05) is 36.7 Å². The molecule has 0 N–H and O–H groups in total. The number of piperidine rings is 2. The van der Waals surface area contributed by atoms with Gasteiger partial charge in [-0.3, -0.25) is 4.90 Å². The van der Waals surface area contributed by atoms with Gasteiger partial charge >= 0.3 is 0 Å². The molecule has 0 unspecified atom stereocenters. The van der Waals surface area contributed by atoms with Gasteiger partial charge in [0.05, 0.1) is 4.90 Å². The summed E-state index contributed by atoms with van der Waals surface area (Å²) in [5.74, 6) is 0.414. The maximum atomic E-state index is 13.4. The van der Waals surface area contributed by atoms with E-state index in [1.807, 2.05) is 0 Å². The molecule has 3 aliphatic heterocycles. The number of rotatable bonds is 2. The van der Waals surface area contributed by atoms with Gasteiger partial charge in [-0.05, 0) is 67.0 Å². The van der Waals surface area contributed by atoms with Crippen LogP contribution in [0, 0.1) is 5.92 Å². The summed E-state index contributed by atoms with van der Waals surface area (Å²) in [5.41, 5.74) is 2.81. The zero-order valence-electron chi connectivity index (χ0n) is 15.8. The average molecular weight is 417 g/mol. The molecule has 3 heterocycles. The van der Waals surface area contributed by atoms with Gasteiger partial charge < -0.3 is 0 Å². The third-order valence-electron chi connectivity index (χ3n) is 6.74. The van der Waals surface area contributed by atoms with Crippen molar-refractivity contribution < 1.29 is 8.42 Å². The fraction of sp³-hybridized carbons (Fsp3) is 0.455. The standard InChI is InChI=1S/C22H25ClN2O2S/c23-18-7-9-19(10-8-18)28(26,27)25-12-3-5-17-15-24-13-11-16-4-1-2-6-20(16)22(24)14-21(17)25/h1-2,4,6-10,17,21-22H,3,5,11-15H2/t17-,21+,22+/m1/s1. The number of hydrogen-bond acceptors (Lipinski definition) is 3. The minimum atomic E-state index is -3.51. The Morgan fingerprint density at radius 3 is 2.61 bits per heavy atom. The van der Waals surface area contributed by atoms with E-state index in [2.05, 4.69) is 29.2 Å². The Hall–Kier alpha value is -1.40. The normalized spacial score (nSPS) is 28.2. The molecule has 0 saturated carbocycles. The molecule has 5 rings (SSSR count). The summed E-state index contributed by atoms with van der Waals surface area (Å²) in [6.07, 6.45) is 4.02. The van der Waals surface area contributed by atoms with E-state index in [1.165, 1.54) is 11.1 Å². The van der Waals surface area contributed by atoms with Crippen LogP contribution in [0.2, 0.25) is 5.02 Å². The van der Waals surface area contributed by atoms with Crippen molar-refractivity contribution in [3.05, 3.63) is 64.7 Å². The van der Waals surface area contributed by atoms with Crippen molar-refractivity contribution in [1.82, 2.24) is 9.21 Å². The number of halogens is 1. The smallest absolute Gasteiger partial charge is 0.243 e. The lowest BCUT2D eigenvalue weighted by atomic mass is 9.77. The molecule has 2 aromatic rings. The van der Waals surface area contributed by atoms with Crippen LogP contribution in [0.1, 0.15) is 36.4 Å². The van der Waals surface area contributed by atoms with Crippen LogP contribution in [0.15, 0.2) is 53.4 Å². The van der Waals surface area contributed by atoms with Gasteiger partial charge in [-0.2, -0.15) is 4.31 Å². The third kappa shape index (κ3) is 3.09. The second kappa shape index (κ2) is 7.13. The van der Waals surface area contributed by atoms with Crippen LogP contribution >= 0.6 is 11.6 Å². The van der Waals surface area contributed by atoms with Gasteiger partial charge in [-0.1, -0.05) is 35.9 Å². The van der Waals surface area contributed by atoms with Crippen molar-refractivity contribution in [2.24, 2.45) is 5.92 Å². The van der Waals surface area contributed by atoms with E-state index in [-0.39, 0.29) is 6.04 Å². The van der Waals surface area contributed by atoms with E-state index in [1.54, 1.807) is 28.6 Å². The average Bonchev–Trinajstić information content (AvgIpc) is 2.72. The Morgan fingerprint density at radius 2 is 1.79 bits per heavy atom. The Bertz CT molecular complexity index is 976. The fourth-order valence-electron chi connectivity index (χ4n) is 5.39. The highest BCUT2D eigenvalue weighted by atomic mass is 35.5. The second-order valence-corrected chi connectivity index (χ2v) is 10.6. The molecule has 0 amide bonds. The first-order chi connectivity index (χ1) is 13.5. The minimum absolute atomic E-state index is 0.0711. The highest BCUT2D eigenvalue weighted by molar-refractivity contribution is 7.89. The highest BCUT2D eigenvalue weighted by Crippen LogP contribution is 2.44. The van der Waals surface area contributed by atoms with E-state index in [9.17, 15) is 8.42 Å². The maximum Gasteiger partial charge on any atom is 0.243 e. The largest absolute Gasteiger partial charge is 0.296 e. The predicted molar refractivity (Wildman–Crippen MR) is 111 cm³/mol. The molecule has 0 aliphatic carbocycles. The zero-order chi connectivity index (χ0) is 19.3. The summed E-state index contributed by atoms with van der Waals surface area (Å²) >= 11 is 5.97. The molecule has 148 valence electrons. The Balaban J connectivity index is 1.48. The molecule has 0 bridgehead atoms. The summed E-state index contributed by atoms with van der Waals surface area (Å²) < 4.78 is 28.6. The number of benzene rings is 2. The van der Waals surface area contributed by atoms with Gasteiger partial charge in [0.15, 0.2) is 0 Å². The maximum absolute atomic E-state index is 13.4. The van der Waals surface area contributed by atoms with E-state index in [4.69, 9.17) is 11.6 Å². The van der Waals surface area contributed by atoms with E-state index in [0.717, 1.165) is 38.8 Å². The van der Waals surface area contributed by atoms with Gasteiger partial charge in [0.1, 0.15) is 0 Å². The molecule has 3 atom stereocenters. The van der Waals surface area contributed by atoms with Gasteiger partial charge in [0.2, 0.25) is 10.0 Å². The van der Waals surface area contributed by atoms with Gasteiger partial charge in [-0.15, -0.1) is 0 Å². The lowest BCUT2D eigenvalue weighted by Crippen LogP contribution is -2.57. The van der Waals surface area contributed by atoms with Crippen LogP contribution in [-0.2, 0) is 16.4 Å². The van der Waals surface area contributed by atoms with Crippen LogP contribution in [0.3, 0.4) is 0 Å². The summed E-state index contributed by atoms with van der Waals surface area (Å²) in [6, 6.07) is 15.7. The monoisotopic (exact) mass is 416 g/mol. The summed E-state index contributed by atoms with van der Waals surface area (Å²) in [6.45, 7) is 2.69. The quantitative estimate of drug-likeness (QED) is 0.739. The first kappa shape index (κ1) is 18.6. The zero-order valence-corrected chi connectivity index (χ0v) is 17.4. The van der Waals surface area contributed by atoms with Crippen LogP contribution in [0.5, 0.6) is 0 Å². The van der Waals surface area contributed by atoms with E-state index >= 15 is 0 Å². The minimum Gasteiger partial charge on any atom is -0.296 e. The second-order valence-electron chi connectivity index (χ2n) is 8.23. The first-order valence-electron chi connectivity index (χ1n) is 10.1. The number of fused-ring (bicyclic) bond motifs is 4. The van der Waals surface area contributed by atoms with Crippen LogP contribution in [0.25, 0.3) is 0 Å². The number of nitrogens with zero attached hydrogens (tertiary/aromatic N) is 2. The Labute approximate surface area is 172 Å². The van der Waals surface area contributed by atoms with E-state index in [0.29, 0.717) is 28.4 Å². The first-order valence-corrected chi connectivity index (χ1v) is 11.9. The molecule has 0 aromatic heterocycles. The lowest BCUT2D eigenvalue weighted by Gasteiger charge is -2.51. The molecule has 4 nitrogen and oxygen atoms in total. The van der Waals surface area contributed by atoms with Crippen molar-refractivity contribution in [2.75, 3.05) is 19.6 Å². The predicted octanol–water partition coefficient (Wildman–Crippen LogP) is 4.11. The van der Waals surface area contributed by atoms with Crippen molar-refractivity contribution in [3.63, 3.8) is 0 Å². The topological polar surface area (TPSA) is 40.6 Å². The molecule has 2 aromatic carbocycles. The molecular weight excluding hydrogens is 392 g/mol. The van der Waals surface area contributed by atoms with Crippen LogP contribution < -0.4 is 0 Å². The molecule has 0 radical (unpaired) electrons. The molecule has 2 saturated heterocycles. The number of hydrogen-bond donors (Lipinski definition) is 0. The van der Waals surface area contributed by atoms with E-state index < -0.39 is 10.0 Å². The van der Waals surface area contributed by atoms with Crippen molar-refractivity contribution in [3.8, 4) is 0 Å². The Morgan fingerprint density at radius 1 is 1.00 bits per heavy atom. The summed E-state index contributed by atoms with van der Waals surface area (Å²) in [4.78, 5) is 2.94. The molecule has 2 fully saturated rings. The van der Waals surface area contributed by atoms with Crippen molar-refractivity contribution in [1.29, 1.82) is 0 Å². The fourth-order valence-corrected chi connectivity index (χ4v) is 7.26. The van der Waals surface area contributed by atoms with Gasteiger partial charge in [-0.25, -0.2) is 8.42 Å². The molecule has 6 heteroatoms. The molecule has 3 aliphatic rings. The lowest BCUT2D eigenvalue weighted by molar-refractivity contribution is 0.0220. The Kier molecular flexibility index (Phi) is 4.74. The van der Waals surface area contributed by atoms with Gasteiger partial charge in [0.25, 0.3) is 0 Å². The van der Waals surface area contributed by atoms with Crippen molar-refractivity contribution in [2.45, 2.75) is 42.7 Å².